The van der Waals surface area contributed by atoms with Gasteiger partial charge in [0.1, 0.15) is 0 Å². The van der Waals surface area contributed by atoms with E-state index in [0.717, 1.165) is 10.9 Å². The third-order valence-electron chi connectivity index (χ3n) is 2.59. The molecule has 0 saturated heterocycles. The first-order valence-corrected chi connectivity index (χ1v) is 6.74. The molecule has 6 heteroatoms. The molecule has 0 fully saturated rings. The van der Waals surface area contributed by atoms with Crippen molar-refractivity contribution in [2.75, 3.05) is 12.3 Å². The first-order valence-electron chi connectivity index (χ1n) is 5.95. The van der Waals surface area contributed by atoms with Gasteiger partial charge in [0.15, 0.2) is 6.61 Å². The Hall–Kier alpha value is -1.56. The molecule has 1 unspecified atom stereocenters. The summed E-state index contributed by atoms with van der Waals surface area (Å²) in [5.41, 5.74) is 6.23. The summed E-state index contributed by atoms with van der Waals surface area (Å²) in [4.78, 5) is 23.2. The van der Waals surface area contributed by atoms with Gasteiger partial charge in [-0.25, -0.2) is 4.79 Å². The molecule has 1 atom stereocenters. The molecule has 104 valence electrons. The molecular formula is C13H17BrN2O3. The highest BCUT2D eigenvalue weighted by molar-refractivity contribution is 9.10. The molecule has 0 aromatic heterocycles. The Morgan fingerprint density at radius 3 is 2.79 bits per heavy atom. The number of nitrogen functional groups attached to an aromatic ring is 1. The maximum atomic E-state index is 11.8. The Labute approximate surface area is 120 Å². The molecular weight excluding hydrogens is 312 g/mol. The zero-order valence-electron chi connectivity index (χ0n) is 10.9. The fraction of sp³-hybridized carbons (Fsp3) is 0.385. The SMILES string of the molecule is CCC(C)NC(=O)COC(=O)c1cc(Br)ccc1N. The van der Waals surface area contributed by atoms with Crippen LogP contribution in [-0.4, -0.2) is 24.5 Å². The minimum absolute atomic E-state index is 0.0575. The highest BCUT2D eigenvalue weighted by atomic mass is 79.9. The van der Waals surface area contributed by atoms with Crippen LogP contribution in [0.4, 0.5) is 5.69 Å². The number of rotatable bonds is 5. The number of nitrogens with one attached hydrogen (secondary N) is 1. The van der Waals surface area contributed by atoms with Crippen LogP contribution in [0.2, 0.25) is 0 Å². The summed E-state index contributed by atoms with van der Waals surface area (Å²) in [5.74, 6) is -0.936. The normalized spacial score (nSPS) is 11.7. The largest absolute Gasteiger partial charge is 0.452 e. The van der Waals surface area contributed by atoms with Crippen molar-refractivity contribution in [1.82, 2.24) is 5.32 Å². The zero-order chi connectivity index (χ0) is 14.4. The highest BCUT2D eigenvalue weighted by Crippen LogP contribution is 2.19. The molecule has 0 saturated carbocycles. The summed E-state index contributed by atoms with van der Waals surface area (Å²) in [6.45, 7) is 3.53. The molecule has 0 aliphatic heterocycles. The summed E-state index contributed by atoms with van der Waals surface area (Å²) in [5, 5.41) is 2.71. The molecule has 1 amide bonds. The maximum absolute atomic E-state index is 11.8. The van der Waals surface area contributed by atoms with E-state index in [1.165, 1.54) is 0 Å². The average Bonchev–Trinajstić information content (AvgIpc) is 2.38. The Morgan fingerprint density at radius 1 is 1.47 bits per heavy atom. The van der Waals surface area contributed by atoms with E-state index in [4.69, 9.17) is 10.5 Å². The van der Waals surface area contributed by atoms with Gasteiger partial charge in [0, 0.05) is 16.2 Å². The van der Waals surface area contributed by atoms with Crippen molar-refractivity contribution in [3.05, 3.63) is 28.2 Å². The van der Waals surface area contributed by atoms with Crippen molar-refractivity contribution in [3.8, 4) is 0 Å². The highest BCUT2D eigenvalue weighted by Gasteiger charge is 2.14. The van der Waals surface area contributed by atoms with Gasteiger partial charge in [0.25, 0.3) is 5.91 Å². The summed E-state index contributed by atoms with van der Waals surface area (Å²) < 4.78 is 5.64. The summed E-state index contributed by atoms with van der Waals surface area (Å²) >= 11 is 3.24. The van der Waals surface area contributed by atoms with Gasteiger partial charge in [-0.15, -0.1) is 0 Å². The van der Waals surface area contributed by atoms with E-state index in [9.17, 15) is 9.59 Å². The molecule has 19 heavy (non-hydrogen) atoms. The van der Waals surface area contributed by atoms with Crippen LogP contribution in [0.5, 0.6) is 0 Å². The Balaban J connectivity index is 2.56. The van der Waals surface area contributed by atoms with E-state index < -0.39 is 5.97 Å². The molecule has 0 bridgehead atoms. The second kappa shape index (κ2) is 7.13. The quantitative estimate of drug-likeness (QED) is 0.640. The van der Waals surface area contributed by atoms with Crippen LogP contribution in [-0.2, 0) is 9.53 Å². The van der Waals surface area contributed by atoms with Crippen LogP contribution in [0.1, 0.15) is 30.6 Å². The predicted molar refractivity (Wildman–Crippen MR) is 76.7 cm³/mol. The number of anilines is 1. The fourth-order valence-corrected chi connectivity index (χ4v) is 1.69. The number of ether oxygens (including phenoxy) is 1. The minimum atomic E-state index is -0.613. The molecule has 3 N–H and O–H groups in total. The van der Waals surface area contributed by atoms with Gasteiger partial charge in [-0.3, -0.25) is 4.79 Å². The van der Waals surface area contributed by atoms with Gasteiger partial charge >= 0.3 is 5.97 Å². The van der Waals surface area contributed by atoms with E-state index in [2.05, 4.69) is 21.2 Å². The molecule has 1 rings (SSSR count). The average molecular weight is 329 g/mol. The number of nitrogens with two attached hydrogens (primary N) is 1. The van der Waals surface area contributed by atoms with Crippen LogP contribution in [0.3, 0.4) is 0 Å². The first-order chi connectivity index (χ1) is 8.93. The first kappa shape index (κ1) is 15.5. The predicted octanol–water partition coefficient (Wildman–Crippen LogP) is 2.10. The van der Waals surface area contributed by atoms with Gasteiger partial charge < -0.3 is 15.8 Å². The van der Waals surface area contributed by atoms with Crippen LogP contribution in [0.25, 0.3) is 0 Å². The van der Waals surface area contributed by atoms with E-state index in [0.29, 0.717) is 5.69 Å². The molecule has 0 radical (unpaired) electrons. The van der Waals surface area contributed by atoms with Crippen molar-refractivity contribution in [2.24, 2.45) is 0 Å². The van der Waals surface area contributed by atoms with Gasteiger partial charge in [-0.2, -0.15) is 0 Å². The number of hydrogen-bond acceptors (Lipinski definition) is 4. The monoisotopic (exact) mass is 328 g/mol. The van der Waals surface area contributed by atoms with E-state index in [1.54, 1.807) is 18.2 Å². The van der Waals surface area contributed by atoms with Crippen LogP contribution in [0.15, 0.2) is 22.7 Å². The second-order valence-corrected chi connectivity index (χ2v) is 5.10. The Kier molecular flexibility index (Phi) is 5.82. The minimum Gasteiger partial charge on any atom is -0.452 e. The lowest BCUT2D eigenvalue weighted by Crippen LogP contribution is -2.35. The summed E-state index contributed by atoms with van der Waals surface area (Å²) in [7, 11) is 0. The lowest BCUT2D eigenvalue weighted by Gasteiger charge is -2.12. The van der Waals surface area contributed by atoms with E-state index in [1.807, 2.05) is 13.8 Å². The fourth-order valence-electron chi connectivity index (χ4n) is 1.33. The van der Waals surface area contributed by atoms with Gasteiger partial charge in [0.2, 0.25) is 0 Å². The number of amides is 1. The van der Waals surface area contributed by atoms with Gasteiger partial charge in [-0.1, -0.05) is 22.9 Å². The number of carbonyl (C=O) groups excluding carboxylic acids is 2. The van der Waals surface area contributed by atoms with Crippen LogP contribution >= 0.6 is 15.9 Å². The Bertz CT molecular complexity index is 477. The molecule has 0 aliphatic rings. The molecule has 0 heterocycles. The number of carbonyl (C=O) groups is 2. The molecule has 1 aromatic carbocycles. The molecule has 1 aromatic rings. The summed E-state index contributed by atoms with van der Waals surface area (Å²) in [6.07, 6.45) is 0.818. The lowest BCUT2D eigenvalue weighted by molar-refractivity contribution is -0.124. The summed E-state index contributed by atoms with van der Waals surface area (Å²) in [6, 6.07) is 4.94. The van der Waals surface area contributed by atoms with Crippen molar-refractivity contribution >= 4 is 33.5 Å². The topological polar surface area (TPSA) is 81.4 Å². The number of hydrogen-bond donors (Lipinski definition) is 2. The third-order valence-corrected chi connectivity index (χ3v) is 3.08. The van der Waals surface area contributed by atoms with Crippen molar-refractivity contribution in [3.63, 3.8) is 0 Å². The van der Waals surface area contributed by atoms with Gasteiger partial charge in [0.05, 0.1) is 5.56 Å². The van der Waals surface area contributed by atoms with Crippen LogP contribution in [0, 0.1) is 0 Å². The van der Waals surface area contributed by atoms with Gasteiger partial charge in [-0.05, 0) is 31.5 Å². The van der Waals surface area contributed by atoms with Crippen molar-refractivity contribution < 1.29 is 14.3 Å². The van der Waals surface area contributed by atoms with Crippen LogP contribution < -0.4 is 11.1 Å². The van der Waals surface area contributed by atoms with E-state index in [-0.39, 0.29) is 24.1 Å². The van der Waals surface area contributed by atoms with Crippen molar-refractivity contribution in [1.29, 1.82) is 0 Å². The third kappa shape index (κ3) is 4.90. The number of halogens is 1. The second-order valence-electron chi connectivity index (χ2n) is 4.18. The lowest BCUT2D eigenvalue weighted by atomic mass is 10.2. The molecule has 0 aliphatic carbocycles. The number of benzene rings is 1. The molecule has 0 spiro atoms. The molecule has 5 nitrogen and oxygen atoms in total. The smallest absolute Gasteiger partial charge is 0.340 e. The Morgan fingerprint density at radius 2 is 2.16 bits per heavy atom. The zero-order valence-corrected chi connectivity index (χ0v) is 12.5. The standard InChI is InChI=1S/C13H17BrN2O3/c1-3-8(2)16-12(17)7-19-13(18)10-6-9(14)4-5-11(10)15/h4-6,8H,3,7,15H2,1-2H3,(H,16,17). The van der Waals surface area contributed by atoms with E-state index >= 15 is 0 Å². The number of esters is 1. The van der Waals surface area contributed by atoms with Crippen molar-refractivity contribution in [2.45, 2.75) is 26.3 Å². The maximum Gasteiger partial charge on any atom is 0.340 e.